The van der Waals surface area contributed by atoms with E-state index in [0.717, 1.165) is 22.7 Å². The molecule has 2 aromatic rings. The van der Waals surface area contributed by atoms with Crippen LogP contribution in [0.5, 0.6) is 0 Å². The number of aromatic nitrogens is 4. The molecule has 0 saturated carbocycles. The highest BCUT2D eigenvalue weighted by Crippen LogP contribution is 2.24. The van der Waals surface area contributed by atoms with Gasteiger partial charge in [0, 0.05) is 14.2 Å². The Hall–Kier alpha value is -1.07. The quantitative estimate of drug-likeness (QED) is 0.787. The molecule has 94 valence electrons. The summed E-state index contributed by atoms with van der Waals surface area (Å²) in [7, 11) is 3.62. The Morgan fingerprint density at radius 3 is 2.76 bits per heavy atom. The maximum Gasteiger partial charge on any atom is 0.159 e. The number of methoxy groups -OCH3 is 1. The minimum absolute atomic E-state index is 0.188. The first-order valence-electron chi connectivity index (χ1n) is 5.55. The molecular formula is C11H17ClN4O. The van der Waals surface area contributed by atoms with E-state index in [0.29, 0.717) is 12.5 Å². The summed E-state index contributed by atoms with van der Waals surface area (Å²) >= 11 is 5.96. The minimum atomic E-state index is 0.188. The predicted molar refractivity (Wildman–Crippen MR) is 67.4 cm³/mol. The molecule has 0 radical (unpaired) electrons. The number of rotatable bonds is 4. The van der Waals surface area contributed by atoms with E-state index in [2.05, 4.69) is 21.6 Å². The van der Waals surface area contributed by atoms with Gasteiger partial charge < -0.3 is 9.30 Å². The van der Waals surface area contributed by atoms with E-state index in [4.69, 9.17) is 16.3 Å². The van der Waals surface area contributed by atoms with Gasteiger partial charge in [-0.25, -0.2) is 4.98 Å². The number of hydrogen-bond acceptors (Lipinski definition) is 3. The molecule has 6 heteroatoms. The van der Waals surface area contributed by atoms with Crippen molar-refractivity contribution >= 4 is 22.8 Å². The van der Waals surface area contributed by atoms with Crippen LogP contribution in [0.1, 0.15) is 24.5 Å². The van der Waals surface area contributed by atoms with Gasteiger partial charge >= 0.3 is 0 Å². The fourth-order valence-electron chi connectivity index (χ4n) is 2.21. The number of aryl methyl sites for hydroxylation is 2. The Balaban J connectivity index is 2.64. The number of halogens is 1. The lowest BCUT2D eigenvalue weighted by molar-refractivity contribution is 0.162. The normalized spacial score (nSPS) is 13.5. The molecule has 0 spiro atoms. The van der Waals surface area contributed by atoms with Crippen LogP contribution in [0.2, 0.25) is 0 Å². The number of fused-ring (bicyclic) bond motifs is 1. The Morgan fingerprint density at radius 1 is 1.47 bits per heavy atom. The maximum absolute atomic E-state index is 5.96. The average Bonchev–Trinajstić information content (AvgIpc) is 2.78. The zero-order valence-corrected chi connectivity index (χ0v) is 11.3. The van der Waals surface area contributed by atoms with Crippen LogP contribution >= 0.6 is 11.6 Å². The molecule has 0 bridgehead atoms. The highest BCUT2D eigenvalue weighted by atomic mass is 35.5. The minimum Gasteiger partial charge on any atom is -0.383 e. The van der Waals surface area contributed by atoms with Gasteiger partial charge in [-0.1, -0.05) is 0 Å². The number of nitrogens with zero attached hydrogens (tertiary/aromatic N) is 4. The third kappa shape index (κ3) is 1.93. The highest BCUT2D eigenvalue weighted by molar-refractivity contribution is 6.16. The summed E-state index contributed by atoms with van der Waals surface area (Å²) < 4.78 is 9.15. The van der Waals surface area contributed by atoms with Gasteiger partial charge in [-0.05, 0) is 13.8 Å². The molecule has 0 N–H and O–H groups in total. The van der Waals surface area contributed by atoms with E-state index in [1.165, 1.54) is 0 Å². The van der Waals surface area contributed by atoms with Gasteiger partial charge in [0.25, 0.3) is 0 Å². The highest BCUT2D eigenvalue weighted by Gasteiger charge is 2.20. The van der Waals surface area contributed by atoms with Crippen molar-refractivity contribution in [1.29, 1.82) is 0 Å². The summed E-state index contributed by atoms with van der Waals surface area (Å²) in [6.07, 6.45) is 0. The summed E-state index contributed by atoms with van der Waals surface area (Å²) in [6.45, 7) is 4.67. The molecule has 2 aromatic heterocycles. The van der Waals surface area contributed by atoms with E-state index in [9.17, 15) is 0 Å². The van der Waals surface area contributed by atoms with E-state index >= 15 is 0 Å². The number of alkyl halides is 1. The van der Waals surface area contributed by atoms with Crippen molar-refractivity contribution in [1.82, 2.24) is 19.3 Å². The molecule has 0 amide bonds. The van der Waals surface area contributed by atoms with Crippen LogP contribution in [0.25, 0.3) is 11.2 Å². The van der Waals surface area contributed by atoms with E-state index in [1.54, 1.807) is 7.11 Å². The summed E-state index contributed by atoms with van der Waals surface area (Å²) in [5, 5.41) is 4.38. The van der Waals surface area contributed by atoms with Gasteiger partial charge in [-0.3, -0.25) is 4.68 Å². The van der Waals surface area contributed by atoms with Crippen LogP contribution in [0.4, 0.5) is 0 Å². The van der Waals surface area contributed by atoms with Crippen molar-refractivity contribution in [3.05, 3.63) is 11.5 Å². The lowest BCUT2D eigenvalue weighted by Crippen LogP contribution is -2.15. The first-order valence-corrected chi connectivity index (χ1v) is 6.08. The second-order valence-corrected chi connectivity index (χ2v) is 4.48. The first kappa shape index (κ1) is 12.4. The Labute approximate surface area is 105 Å². The molecule has 0 saturated heterocycles. The van der Waals surface area contributed by atoms with Gasteiger partial charge in [0.05, 0.1) is 24.2 Å². The molecule has 1 atom stereocenters. The molecule has 1 unspecified atom stereocenters. The van der Waals surface area contributed by atoms with Gasteiger partial charge in [0.15, 0.2) is 5.65 Å². The van der Waals surface area contributed by atoms with Crippen molar-refractivity contribution in [2.75, 3.05) is 13.7 Å². The summed E-state index contributed by atoms with van der Waals surface area (Å²) in [4.78, 5) is 4.55. The van der Waals surface area contributed by atoms with E-state index in [-0.39, 0.29) is 6.04 Å². The Morgan fingerprint density at radius 2 is 2.18 bits per heavy atom. The van der Waals surface area contributed by atoms with Gasteiger partial charge in [0.2, 0.25) is 0 Å². The van der Waals surface area contributed by atoms with E-state index < -0.39 is 0 Å². The Bertz CT molecular complexity index is 531. The third-order valence-corrected chi connectivity index (χ3v) is 3.12. The molecule has 0 aliphatic heterocycles. The van der Waals surface area contributed by atoms with Crippen molar-refractivity contribution in [2.45, 2.75) is 25.8 Å². The summed E-state index contributed by atoms with van der Waals surface area (Å²) in [5.41, 5.74) is 2.85. The summed E-state index contributed by atoms with van der Waals surface area (Å²) in [5.74, 6) is 1.25. The fourth-order valence-corrected chi connectivity index (χ4v) is 2.40. The molecule has 17 heavy (non-hydrogen) atoms. The van der Waals surface area contributed by atoms with Crippen LogP contribution in [0, 0.1) is 6.92 Å². The zero-order chi connectivity index (χ0) is 12.6. The predicted octanol–water partition coefficient (Wildman–Crippen LogP) is 2.02. The number of ether oxygens (including phenoxy) is 1. The van der Waals surface area contributed by atoms with Crippen molar-refractivity contribution in [2.24, 2.45) is 7.05 Å². The van der Waals surface area contributed by atoms with Gasteiger partial charge in [0.1, 0.15) is 11.3 Å². The molecule has 0 aliphatic carbocycles. The average molecular weight is 257 g/mol. The second kappa shape index (κ2) is 4.66. The topological polar surface area (TPSA) is 44.9 Å². The van der Waals surface area contributed by atoms with Crippen LogP contribution in [0.15, 0.2) is 0 Å². The maximum atomic E-state index is 5.96. The molecule has 5 nitrogen and oxygen atoms in total. The van der Waals surface area contributed by atoms with Crippen LogP contribution in [-0.2, 0) is 17.7 Å². The van der Waals surface area contributed by atoms with Crippen LogP contribution in [-0.4, -0.2) is 33.0 Å². The fraction of sp³-hybridized carbons (Fsp3) is 0.636. The Kier molecular flexibility index (Phi) is 3.40. The molecular weight excluding hydrogens is 240 g/mol. The van der Waals surface area contributed by atoms with E-state index in [1.807, 2.05) is 18.7 Å². The van der Waals surface area contributed by atoms with Crippen LogP contribution < -0.4 is 0 Å². The summed E-state index contributed by atoms with van der Waals surface area (Å²) in [6, 6.07) is 0.188. The second-order valence-electron chi connectivity index (χ2n) is 4.22. The molecule has 0 aromatic carbocycles. The molecule has 0 fully saturated rings. The van der Waals surface area contributed by atoms with Crippen molar-refractivity contribution in [3.63, 3.8) is 0 Å². The first-order chi connectivity index (χ1) is 8.10. The van der Waals surface area contributed by atoms with Crippen molar-refractivity contribution in [3.8, 4) is 0 Å². The van der Waals surface area contributed by atoms with Gasteiger partial charge in [-0.2, -0.15) is 5.10 Å². The van der Waals surface area contributed by atoms with Crippen LogP contribution in [0.3, 0.4) is 0 Å². The molecule has 0 aliphatic rings. The van der Waals surface area contributed by atoms with Gasteiger partial charge in [-0.15, -0.1) is 11.6 Å². The number of imidazole rings is 1. The molecule has 2 heterocycles. The largest absolute Gasteiger partial charge is 0.383 e. The smallest absolute Gasteiger partial charge is 0.159 e. The molecule has 2 rings (SSSR count). The monoisotopic (exact) mass is 256 g/mol. The third-order valence-electron chi connectivity index (χ3n) is 2.88. The number of hydrogen-bond donors (Lipinski definition) is 0. The zero-order valence-electron chi connectivity index (χ0n) is 10.6. The SMILES string of the molecule is COCC(C)n1c(CCl)nc2c(C)nn(C)c21. The lowest BCUT2D eigenvalue weighted by atomic mass is 10.3. The lowest BCUT2D eigenvalue weighted by Gasteiger charge is -2.15. The standard InChI is InChI=1S/C11H17ClN4O/c1-7(6-17-4)16-9(5-12)13-10-8(2)14-15(3)11(10)16/h7H,5-6H2,1-4H3. The van der Waals surface area contributed by atoms with Crippen molar-refractivity contribution < 1.29 is 4.74 Å².